The lowest BCUT2D eigenvalue weighted by Gasteiger charge is -2.24. The number of phosphoric acid groups is 1. The lowest BCUT2D eigenvalue weighted by molar-refractivity contribution is -0.870. The number of likely N-dealkylation sites (N-methyl/N-ethyl adjacent to an activating group) is 1. The van der Waals surface area contributed by atoms with Crippen molar-refractivity contribution in [3.05, 3.63) is 24.3 Å². The zero-order chi connectivity index (χ0) is 24.1. The van der Waals surface area contributed by atoms with E-state index < -0.39 is 13.9 Å². The highest BCUT2D eigenvalue weighted by molar-refractivity contribution is 7.47. The molecule has 0 radical (unpaired) electrons. The Kier molecular flexibility index (Phi) is 19.6. The van der Waals surface area contributed by atoms with Gasteiger partial charge in [0.15, 0.2) is 0 Å². The van der Waals surface area contributed by atoms with Gasteiger partial charge in [0.1, 0.15) is 19.3 Å². The minimum Gasteiger partial charge on any atom is -0.388 e. The van der Waals surface area contributed by atoms with Crippen molar-refractivity contribution in [2.45, 2.75) is 77.2 Å². The van der Waals surface area contributed by atoms with Gasteiger partial charge in [0, 0.05) is 6.61 Å². The van der Waals surface area contributed by atoms with Crippen molar-refractivity contribution >= 4 is 7.82 Å². The van der Waals surface area contributed by atoms with Crippen molar-refractivity contribution in [2.75, 3.05) is 54.1 Å². The Hall–Kier alpha value is -0.530. The highest BCUT2D eigenvalue weighted by atomic mass is 31.2. The summed E-state index contributed by atoms with van der Waals surface area (Å²) in [7, 11) is 1.74. The van der Waals surface area contributed by atoms with Crippen LogP contribution in [0.3, 0.4) is 0 Å². The van der Waals surface area contributed by atoms with E-state index in [1.54, 1.807) is 0 Å². The number of rotatable bonds is 22. The second-order valence-corrected chi connectivity index (χ2v) is 10.7. The van der Waals surface area contributed by atoms with E-state index in [9.17, 15) is 14.6 Å². The molecule has 0 aliphatic rings. The quantitative estimate of drug-likeness (QED) is 0.0958. The zero-order valence-electron chi connectivity index (χ0n) is 20.9. The van der Waals surface area contributed by atoms with Crippen molar-refractivity contribution in [2.24, 2.45) is 0 Å². The molecule has 0 amide bonds. The van der Waals surface area contributed by atoms with Crippen molar-refractivity contribution in [3.63, 3.8) is 0 Å². The molecule has 7 nitrogen and oxygen atoms in total. The molecule has 0 aromatic carbocycles. The average Bonchev–Trinajstić information content (AvgIpc) is 2.71. The van der Waals surface area contributed by atoms with Crippen LogP contribution >= 0.6 is 7.82 Å². The monoisotopic (exact) mass is 478 g/mol. The Morgan fingerprint density at radius 3 is 2.12 bits per heavy atom. The smallest absolute Gasteiger partial charge is 0.388 e. The van der Waals surface area contributed by atoms with E-state index in [4.69, 9.17) is 13.8 Å². The van der Waals surface area contributed by atoms with Crippen molar-refractivity contribution in [1.29, 1.82) is 0 Å². The maximum Gasteiger partial charge on any atom is 0.472 e. The number of aliphatic hydroxyl groups is 1. The SMILES string of the molecule is CCC/C=C\C/C=C\CCCCCCCCOCC(O)COP(=O)(O)OCC[N+](C)(C)C. The van der Waals surface area contributed by atoms with E-state index in [2.05, 4.69) is 31.2 Å². The standard InChI is InChI=1S/C24H48NO6P/c1-5-6-7-8-9-10-11-12-13-14-15-16-17-18-20-29-22-24(26)23-31-32(27,28)30-21-19-25(2,3)4/h7-8,10-11,24,26H,5-6,9,12-23H2,1-4H3/p+1/b8-7-,11-10-. The second-order valence-electron chi connectivity index (χ2n) is 9.22. The molecule has 0 rings (SSSR count). The third-order valence-corrected chi connectivity index (χ3v) is 5.71. The number of phosphoric ester groups is 1. The predicted molar refractivity (Wildman–Crippen MR) is 132 cm³/mol. The number of ether oxygens (including phenoxy) is 1. The molecule has 8 heteroatoms. The zero-order valence-corrected chi connectivity index (χ0v) is 21.8. The average molecular weight is 479 g/mol. The van der Waals surface area contributed by atoms with Gasteiger partial charge >= 0.3 is 7.82 Å². The molecule has 0 aromatic heterocycles. The molecule has 0 saturated heterocycles. The number of hydrogen-bond acceptors (Lipinski definition) is 5. The van der Waals surface area contributed by atoms with E-state index in [0.29, 0.717) is 17.6 Å². The van der Waals surface area contributed by atoms with Crippen LogP contribution in [-0.2, 0) is 18.3 Å². The van der Waals surface area contributed by atoms with Gasteiger partial charge in [-0.3, -0.25) is 9.05 Å². The summed E-state index contributed by atoms with van der Waals surface area (Å²) in [6.07, 6.45) is 19.6. The van der Waals surface area contributed by atoms with Crippen LogP contribution in [0.5, 0.6) is 0 Å². The Balaban J connectivity index is 3.49. The number of unbranched alkanes of at least 4 members (excludes halogenated alkanes) is 7. The Labute approximate surface area is 196 Å². The van der Waals surface area contributed by atoms with Crippen molar-refractivity contribution in [3.8, 4) is 0 Å². The molecule has 0 aromatic rings. The van der Waals surface area contributed by atoms with Gasteiger partial charge in [-0.25, -0.2) is 4.57 Å². The molecule has 0 saturated carbocycles. The first kappa shape index (κ1) is 31.5. The van der Waals surface area contributed by atoms with Crippen LogP contribution in [0.1, 0.15) is 71.1 Å². The summed E-state index contributed by atoms with van der Waals surface area (Å²) in [6, 6.07) is 0. The summed E-state index contributed by atoms with van der Waals surface area (Å²) in [5.74, 6) is 0. The molecule has 0 spiro atoms. The number of allylic oxidation sites excluding steroid dienone is 4. The summed E-state index contributed by atoms with van der Waals surface area (Å²) >= 11 is 0. The first-order valence-electron chi connectivity index (χ1n) is 12.1. The Bertz CT molecular complexity index is 533. The van der Waals surface area contributed by atoms with Crippen LogP contribution in [0.15, 0.2) is 24.3 Å². The molecule has 2 N–H and O–H groups in total. The maximum absolute atomic E-state index is 11.8. The lowest BCUT2D eigenvalue weighted by atomic mass is 10.1. The Morgan fingerprint density at radius 2 is 1.47 bits per heavy atom. The molecular formula is C24H49NO6P+. The predicted octanol–water partition coefficient (Wildman–Crippen LogP) is 5.24. The number of aliphatic hydroxyl groups excluding tert-OH is 1. The lowest BCUT2D eigenvalue weighted by Crippen LogP contribution is -2.37. The van der Waals surface area contributed by atoms with Crippen molar-refractivity contribution in [1.82, 2.24) is 0 Å². The van der Waals surface area contributed by atoms with Gasteiger partial charge in [-0.1, -0.05) is 63.3 Å². The fourth-order valence-corrected chi connectivity index (χ4v) is 3.51. The van der Waals surface area contributed by atoms with Crippen LogP contribution < -0.4 is 0 Å². The summed E-state index contributed by atoms with van der Waals surface area (Å²) in [5.41, 5.74) is 0. The van der Waals surface area contributed by atoms with E-state index >= 15 is 0 Å². The van der Waals surface area contributed by atoms with Crippen molar-refractivity contribution < 1.29 is 32.8 Å². The molecule has 2 atom stereocenters. The fourth-order valence-electron chi connectivity index (χ4n) is 2.76. The third kappa shape index (κ3) is 24.1. The van der Waals surface area contributed by atoms with Gasteiger partial charge in [-0.2, -0.15) is 0 Å². The van der Waals surface area contributed by atoms with Crippen LogP contribution in [0.2, 0.25) is 0 Å². The first-order valence-corrected chi connectivity index (χ1v) is 13.6. The minimum atomic E-state index is -4.14. The molecule has 32 heavy (non-hydrogen) atoms. The molecule has 0 heterocycles. The molecule has 190 valence electrons. The third-order valence-electron chi connectivity index (χ3n) is 4.73. The molecule has 0 aliphatic carbocycles. The largest absolute Gasteiger partial charge is 0.472 e. The number of quaternary nitrogens is 1. The van der Waals surface area contributed by atoms with E-state index in [0.717, 1.165) is 25.7 Å². The van der Waals surface area contributed by atoms with Gasteiger partial charge in [0.05, 0.1) is 34.4 Å². The van der Waals surface area contributed by atoms with Crippen LogP contribution in [-0.4, -0.2) is 74.7 Å². The maximum atomic E-state index is 11.8. The van der Waals surface area contributed by atoms with E-state index in [1.807, 2.05) is 21.1 Å². The molecule has 0 bridgehead atoms. The van der Waals surface area contributed by atoms with Gasteiger partial charge < -0.3 is 19.2 Å². The number of hydrogen-bond donors (Lipinski definition) is 2. The van der Waals surface area contributed by atoms with E-state index in [1.165, 1.54) is 38.5 Å². The minimum absolute atomic E-state index is 0.0822. The number of nitrogens with zero attached hydrogens (tertiary/aromatic N) is 1. The first-order chi connectivity index (χ1) is 15.2. The van der Waals surface area contributed by atoms with Gasteiger partial charge in [-0.05, 0) is 32.1 Å². The molecule has 0 aliphatic heterocycles. The Morgan fingerprint density at radius 1 is 0.844 bits per heavy atom. The van der Waals surface area contributed by atoms with Crippen LogP contribution in [0.25, 0.3) is 0 Å². The summed E-state index contributed by atoms with van der Waals surface area (Å²) in [5, 5.41) is 9.83. The topological polar surface area (TPSA) is 85.2 Å². The highest BCUT2D eigenvalue weighted by Crippen LogP contribution is 2.43. The van der Waals surface area contributed by atoms with Crippen LogP contribution in [0.4, 0.5) is 0 Å². The molecule has 0 fully saturated rings. The summed E-state index contributed by atoms with van der Waals surface area (Å²) in [4.78, 5) is 9.62. The summed E-state index contributed by atoms with van der Waals surface area (Å²) < 4.78 is 27.6. The van der Waals surface area contributed by atoms with E-state index in [-0.39, 0.29) is 19.8 Å². The highest BCUT2D eigenvalue weighted by Gasteiger charge is 2.24. The van der Waals surface area contributed by atoms with Gasteiger partial charge in [0.2, 0.25) is 0 Å². The fraction of sp³-hybridized carbons (Fsp3) is 0.833. The second kappa shape index (κ2) is 19.9. The molecular weight excluding hydrogens is 429 g/mol. The van der Waals surface area contributed by atoms with Crippen LogP contribution in [0, 0.1) is 0 Å². The van der Waals surface area contributed by atoms with Gasteiger partial charge in [-0.15, -0.1) is 0 Å². The van der Waals surface area contributed by atoms with Gasteiger partial charge in [0.25, 0.3) is 0 Å². The molecule has 2 unspecified atom stereocenters. The normalized spacial score (nSPS) is 15.6. The summed E-state index contributed by atoms with van der Waals surface area (Å²) in [6.45, 7) is 3.24.